The van der Waals surface area contributed by atoms with Gasteiger partial charge in [-0.15, -0.1) is 11.3 Å². The van der Waals surface area contributed by atoms with Crippen molar-refractivity contribution in [2.45, 2.75) is 6.10 Å². The van der Waals surface area contributed by atoms with Crippen molar-refractivity contribution >= 4 is 43.2 Å². The van der Waals surface area contributed by atoms with Crippen molar-refractivity contribution in [3.8, 4) is 0 Å². The van der Waals surface area contributed by atoms with Crippen LogP contribution in [-0.2, 0) is 4.74 Å². The van der Waals surface area contributed by atoms with Crippen molar-refractivity contribution in [3.05, 3.63) is 19.2 Å². The van der Waals surface area contributed by atoms with E-state index in [1.54, 1.807) is 18.4 Å². The summed E-state index contributed by atoms with van der Waals surface area (Å²) in [5.41, 5.74) is 5.53. The Morgan fingerprint density at radius 2 is 2.33 bits per heavy atom. The fourth-order valence-electron chi connectivity index (χ4n) is 0.851. The van der Waals surface area contributed by atoms with E-state index < -0.39 is 0 Å². The molecule has 68 valence electrons. The number of rotatable bonds is 3. The monoisotopic (exact) mass is 313 g/mol. The van der Waals surface area contributed by atoms with Gasteiger partial charge in [0.2, 0.25) is 0 Å². The van der Waals surface area contributed by atoms with Crippen LogP contribution in [0.15, 0.2) is 14.3 Å². The highest BCUT2D eigenvalue weighted by atomic mass is 79.9. The van der Waals surface area contributed by atoms with Gasteiger partial charge in [-0.3, -0.25) is 0 Å². The largest absolute Gasteiger partial charge is 0.375 e. The SMILES string of the molecule is COC(CN)c1cc(Br)c(Br)s1. The molecule has 0 aliphatic rings. The molecule has 1 unspecified atom stereocenters. The van der Waals surface area contributed by atoms with Gasteiger partial charge in [0.1, 0.15) is 6.10 Å². The lowest BCUT2D eigenvalue weighted by Gasteiger charge is -2.09. The second kappa shape index (κ2) is 4.72. The van der Waals surface area contributed by atoms with Crippen LogP contribution in [0.5, 0.6) is 0 Å². The van der Waals surface area contributed by atoms with Crippen LogP contribution >= 0.6 is 43.2 Å². The molecular weight excluding hydrogens is 306 g/mol. The molecule has 1 rings (SSSR count). The Bertz CT molecular complexity index is 240. The number of halogens is 2. The Morgan fingerprint density at radius 1 is 1.67 bits per heavy atom. The molecule has 1 heterocycles. The number of ether oxygens (including phenoxy) is 1. The van der Waals surface area contributed by atoms with Crippen molar-refractivity contribution in [1.82, 2.24) is 0 Å². The molecule has 0 saturated carbocycles. The summed E-state index contributed by atoms with van der Waals surface area (Å²) < 4.78 is 7.33. The van der Waals surface area contributed by atoms with Gasteiger partial charge in [-0.2, -0.15) is 0 Å². The van der Waals surface area contributed by atoms with Crippen molar-refractivity contribution in [2.24, 2.45) is 5.73 Å². The summed E-state index contributed by atoms with van der Waals surface area (Å²) in [5.74, 6) is 0. The molecule has 1 aromatic heterocycles. The molecule has 0 bridgehead atoms. The molecule has 0 radical (unpaired) electrons. The molecule has 0 aliphatic heterocycles. The van der Waals surface area contributed by atoms with Crippen LogP contribution in [0.4, 0.5) is 0 Å². The van der Waals surface area contributed by atoms with Crippen LogP contribution in [-0.4, -0.2) is 13.7 Å². The Morgan fingerprint density at radius 3 is 2.67 bits per heavy atom. The van der Waals surface area contributed by atoms with Gasteiger partial charge in [0.25, 0.3) is 0 Å². The van der Waals surface area contributed by atoms with Crippen molar-refractivity contribution < 1.29 is 4.74 Å². The third-order valence-electron chi connectivity index (χ3n) is 1.48. The van der Waals surface area contributed by atoms with Crippen LogP contribution in [0.2, 0.25) is 0 Å². The van der Waals surface area contributed by atoms with E-state index in [1.807, 2.05) is 6.07 Å². The van der Waals surface area contributed by atoms with Crippen LogP contribution < -0.4 is 5.73 Å². The summed E-state index contributed by atoms with van der Waals surface area (Å²) in [5, 5.41) is 0. The van der Waals surface area contributed by atoms with Crippen molar-refractivity contribution in [1.29, 1.82) is 0 Å². The topological polar surface area (TPSA) is 35.2 Å². The van der Waals surface area contributed by atoms with E-state index in [0.29, 0.717) is 6.54 Å². The van der Waals surface area contributed by atoms with Gasteiger partial charge in [0, 0.05) is 23.0 Å². The fraction of sp³-hybridized carbons (Fsp3) is 0.429. The average Bonchev–Trinajstić information content (AvgIpc) is 2.35. The summed E-state index contributed by atoms with van der Waals surface area (Å²) >= 11 is 8.46. The normalized spacial score (nSPS) is 13.3. The van der Waals surface area contributed by atoms with Crippen LogP contribution in [0, 0.1) is 0 Å². The molecule has 12 heavy (non-hydrogen) atoms. The van der Waals surface area contributed by atoms with Gasteiger partial charge in [-0.1, -0.05) is 0 Å². The van der Waals surface area contributed by atoms with Gasteiger partial charge in [0.15, 0.2) is 0 Å². The van der Waals surface area contributed by atoms with Gasteiger partial charge in [-0.05, 0) is 37.9 Å². The maximum Gasteiger partial charge on any atom is 0.103 e. The maximum atomic E-state index is 5.53. The maximum absolute atomic E-state index is 5.53. The minimum atomic E-state index is 0.0117. The molecule has 1 atom stereocenters. The second-order valence-corrected chi connectivity index (χ2v) is 5.49. The molecule has 5 heteroatoms. The van der Waals surface area contributed by atoms with Crippen molar-refractivity contribution in [3.63, 3.8) is 0 Å². The number of methoxy groups -OCH3 is 1. The zero-order valence-corrected chi connectivity index (χ0v) is 10.5. The smallest absolute Gasteiger partial charge is 0.103 e. The highest BCUT2D eigenvalue weighted by molar-refractivity contribution is 9.13. The third-order valence-corrected chi connectivity index (χ3v) is 4.83. The van der Waals surface area contributed by atoms with E-state index in [4.69, 9.17) is 10.5 Å². The molecule has 0 aliphatic carbocycles. The summed E-state index contributed by atoms with van der Waals surface area (Å²) in [6, 6.07) is 2.02. The second-order valence-electron chi connectivity index (χ2n) is 2.23. The Hall–Kier alpha value is 0.580. The van der Waals surface area contributed by atoms with E-state index in [0.717, 1.165) is 13.1 Å². The lowest BCUT2D eigenvalue weighted by molar-refractivity contribution is 0.113. The molecule has 0 fully saturated rings. The highest BCUT2D eigenvalue weighted by Crippen LogP contribution is 2.35. The minimum absolute atomic E-state index is 0.0117. The van der Waals surface area contributed by atoms with Gasteiger partial charge < -0.3 is 10.5 Å². The molecule has 0 amide bonds. The molecular formula is C7H9Br2NOS. The first-order valence-electron chi connectivity index (χ1n) is 3.36. The average molecular weight is 315 g/mol. The molecule has 0 saturated heterocycles. The number of nitrogens with two attached hydrogens (primary N) is 1. The van der Waals surface area contributed by atoms with Crippen LogP contribution in [0.1, 0.15) is 11.0 Å². The van der Waals surface area contributed by atoms with Gasteiger partial charge in [-0.25, -0.2) is 0 Å². The Kier molecular flexibility index (Phi) is 4.19. The van der Waals surface area contributed by atoms with E-state index in [9.17, 15) is 0 Å². The summed E-state index contributed by atoms with van der Waals surface area (Å²) in [6.07, 6.45) is 0.0117. The number of hydrogen-bond donors (Lipinski definition) is 1. The first-order valence-corrected chi connectivity index (χ1v) is 5.77. The fourth-order valence-corrected chi connectivity index (χ4v) is 3.03. The Balaban J connectivity index is 2.86. The van der Waals surface area contributed by atoms with E-state index in [-0.39, 0.29) is 6.10 Å². The van der Waals surface area contributed by atoms with Gasteiger partial charge in [0.05, 0.1) is 3.79 Å². The summed E-state index contributed by atoms with van der Waals surface area (Å²) in [6.45, 7) is 0.510. The molecule has 0 aromatic carbocycles. The summed E-state index contributed by atoms with van der Waals surface area (Å²) in [4.78, 5) is 1.14. The molecule has 0 spiro atoms. The Labute approximate surface area is 92.4 Å². The predicted octanol–water partition coefficient (Wildman–Crippen LogP) is 2.92. The minimum Gasteiger partial charge on any atom is -0.375 e. The highest BCUT2D eigenvalue weighted by Gasteiger charge is 2.12. The van der Waals surface area contributed by atoms with Crippen molar-refractivity contribution in [2.75, 3.05) is 13.7 Å². The third kappa shape index (κ3) is 2.29. The zero-order chi connectivity index (χ0) is 9.14. The van der Waals surface area contributed by atoms with Crippen LogP contribution in [0.25, 0.3) is 0 Å². The first kappa shape index (κ1) is 10.7. The lowest BCUT2D eigenvalue weighted by Crippen LogP contribution is -2.12. The molecule has 2 N–H and O–H groups in total. The first-order chi connectivity index (χ1) is 5.69. The quantitative estimate of drug-likeness (QED) is 0.931. The van der Waals surface area contributed by atoms with E-state index in [2.05, 4.69) is 31.9 Å². The number of hydrogen-bond acceptors (Lipinski definition) is 3. The van der Waals surface area contributed by atoms with E-state index >= 15 is 0 Å². The van der Waals surface area contributed by atoms with Crippen LogP contribution in [0.3, 0.4) is 0 Å². The number of thiophene rings is 1. The standard InChI is InChI=1S/C7H9Br2NOS/c1-11-5(3-10)6-2-4(8)7(9)12-6/h2,5H,3,10H2,1H3. The van der Waals surface area contributed by atoms with E-state index in [1.165, 1.54) is 0 Å². The summed E-state index contributed by atoms with van der Waals surface area (Å²) in [7, 11) is 1.67. The predicted molar refractivity (Wildman–Crippen MR) is 58.5 cm³/mol. The lowest BCUT2D eigenvalue weighted by atomic mass is 10.3. The molecule has 2 nitrogen and oxygen atoms in total. The molecule has 1 aromatic rings. The van der Waals surface area contributed by atoms with Gasteiger partial charge >= 0.3 is 0 Å². The zero-order valence-electron chi connectivity index (χ0n) is 6.51.